The van der Waals surface area contributed by atoms with Crippen LogP contribution in [0.15, 0.2) is 67.1 Å². The number of amides is 2. The van der Waals surface area contributed by atoms with Crippen LogP contribution in [-0.4, -0.2) is 51.7 Å². The number of alkyl halides is 6. The van der Waals surface area contributed by atoms with Crippen molar-refractivity contribution in [2.75, 3.05) is 20.1 Å². The van der Waals surface area contributed by atoms with Crippen molar-refractivity contribution in [1.82, 2.24) is 19.8 Å². The standard InChI is InChI=1S/C27H24F6N4O2/c1-36(15-17-11-19(26(28,29)30)13-20(12-17)27(31,32)33)24(38)21-7-10-37(25(39)23-14-34-8-9-35-23)16-22(21)18-5-3-2-4-6-18/h2-6,8-9,11-14,21-22H,7,10,15-16H2,1H3/t21-,22-/m0/s1. The Labute approximate surface area is 220 Å². The minimum atomic E-state index is -4.99. The van der Waals surface area contributed by atoms with Crippen LogP contribution in [-0.2, 0) is 23.7 Å². The van der Waals surface area contributed by atoms with Crippen LogP contribution in [0.1, 0.15) is 45.1 Å². The van der Waals surface area contributed by atoms with E-state index < -0.39 is 47.8 Å². The molecule has 0 aliphatic carbocycles. The lowest BCUT2D eigenvalue weighted by Crippen LogP contribution is -2.47. The number of carbonyl (C=O) groups excluding carboxylic acids is 2. The first-order chi connectivity index (χ1) is 18.3. The molecule has 6 nitrogen and oxygen atoms in total. The summed E-state index contributed by atoms with van der Waals surface area (Å²) in [4.78, 5) is 37.2. The van der Waals surface area contributed by atoms with Crippen LogP contribution >= 0.6 is 0 Å². The lowest BCUT2D eigenvalue weighted by molar-refractivity contribution is -0.143. The first kappa shape index (κ1) is 28.1. The van der Waals surface area contributed by atoms with E-state index in [9.17, 15) is 35.9 Å². The molecule has 2 heterocycles. The highest BCUT2D eigenvalue weighted by molar-refractivity contribution is 5.92. The summed E-state index contributed by atoms with van der Waals surface area (Å²) in [6.45, 7) is -0.0672. The average Bonchev–Trinajstić information content (AvgIpc) is 2.91. The summed E-state index contributed by atoms with van der Waals surface area (Å²) >= 11 is 0. The molecule has 12 heteroatoms. The quantitative estimate of drug-likeness (QED) is 0.398. The summed E-state index contributed by atoms with van der Waals surface area (Å²) < 4.78 is 79.8. The van der Waals surface area contributed by atoms with E-state index in [1.807, 2.05) is 12.1 Å². The number of hydrogen-bond donors (Lipinski definition) is 0. The van der Waals surface area contributed by atoms with Gasteiger partial charge in [0.1, 0.15) is 5.69 Å². The Morgan fingerprint density at radius 1 is 0.974 bits per heavy atom. The predicted octanol–water partition coefficient (Wildman–Crippen LogP) is 5.42. The van der Waals surface area contributed by atoms with E-state index in [2.05, 4.69) is 9.97 Å². The summed E-state index contributed by atoms with van der Waals surface area (Å²) in [5, 5.41) is 0. The predicted molar refractivity (Wildman–Crippen MR) is 128 cm³/mol. The van der Waals surface area contributed by atoms with Gasteiger partial charge in [0.05, 0.1) is 17.3 Å². The van der Waals surface area contributed by atoms with Crippen LogP contribution < -0.4 is 0 Å². The van der Waals surface area contributed by atoms with E-state index in [0.29, 0.717) is 12.1 Å². The zero-order chi connectivity index (χ0) is 28.4. The smallest absolute Gasteiger partial charge is 0.341 e. The summed E-state index contributed by atoms with van der Waals surface area (Å²) in [5.74, 6) is -1.91. The summed E-state index contributed by atoms with van der Waals surface area (Å²) in [7, 11) is 1.34. The van der Waals surface area contributed by atoms with E-state index >= 15 is 0 Å². The molecular formula is C27H24F6N4O2. The monoisotopic (exact) mass is 550 g/mol. The van der Waals surface area contributed by atoms with Crippen molar-refractivity contribution in [1.29, 1.82) is 0 Å². The Hall–Kier alpha value is -3.96. The molecule has 2 atom stereocenters. The van der Waals surface area contributed by atoms with Crippen molar-refractivity contribution >= 4 is 11.8 Å². The Morgan fingerprint density at radius 2 is 1.62 bits per heavy atom. The zero-order valence-electron chi connectivity index (χ0n) is 20.7. The van der Waals surface area contributed by atoms with Crippen molar-refractivity contribution in [2.45, 2.75) is 31.2 Å². The highest BCUT2D eigenvalue weighted by Gasteiger charge is 2.40. The molecule has 4 rings (SSSR count). The number of aromatic nitrogens is 2. The van der Waals surface area contributed by atoms with Gasteiger partial charge < -0.3 is 9.80 Å². The van der Waals surface area contributed by atoms with Gasteiger partial charge in [0.25, 0.3) is 5.91 Å². The number of nitrogens with zero attached hydrogens (tertiary/aromatic N) is 4. The molecule has 2 aromatic carbocycles. The maximum absolute atomic E-state index is 13.6. The van der Waals surface area contributed by atoms with E-state index in [1.54, 1.807) is 23.1 Å². The Kier molecular flexibility index (Phi) is 7.94. The zero-order valence-corrected chi connectivity index (χ0v) is 20.7. The molecule has 2 amide bonds. The topological polar surface area (TPSA) is 66.4 Å². The maximum Gasteiger partial charge on any atom is 0.416 e. The first-order valence-corrected chi connectivity index (χ1v) is 12.0. The molecule has 3 aromatic rings. The Bertz CT molecular complexity index is 1280. The second-order valence-corrected chi connectivity index (χ2v) is 9.36. The van der Waals surface area contributed by atoms with Crippen molar-refractivity contribution in [3.63, 3.8) is 0 Å². The molecule has 1 aliphatic heterocycles. The van der Waals surface area contributed by atoms with E-state index in [1.165, 1.54) is 25.6 Å². The van der Waals surface area contributed by atoms with Crippen LogP contribution in [0.5, 0.6) is 0 Å². The van der Waals surface area contributed by atoms with E-state index in [0.717, 1.165) is 10.5 Å². The molecular weight excluding hydrogens is 526 g/mol. The van der Waals surface area contributed by atoms with Crippen LogP contribution in [0.25, 0.3) is 0 Å². The molecule has 0 bridgehead atoms. The number of halogens is 6. The molecule has 39 heavy (non-hydrogen) atoms. The summed E-state index contributed by atoms with van der Waals surface area (Å²) in [6, 6.07) is 10.3. The van der Waals surface area contributed by atoms with Crippen LogP contribution in [0.2, 0.25) is 0 Å². The SMILES string of the molecule is CN(Cc1cc(C(F)(F)F)cc(C(F)(F)F)c1)C(=O)[C@H]1CCN(C(=O)c2cnccn2)C[C@H]1c1ccccc1. The Morgan fingerprint density at radius 3 is 2.18 bits per heavy atom. The van der Waals surface area contributed by atoms with Crippen molar-refractivity contribution in [3.8, 4) is 0 Å². The van der Waals surface area contributed by atoms with Crippen LogP contribution in [0, 0.1) is 5.92 Å². The second kappa shape index (κ2) is 11.0. The third kappa shape index (κ3) is 6.55. The normalized spacial score (nSPS) is 18.1. The van der Waals surface area contributed by atoms with Gasteiger partial charge in [-0.25, -0.2) is 4.98 Å². The van der Waals surface area contributed by atoms with Gasteiger partial charge in [-0.05, 0) is 35.7 Å². The number of hydrogen-bond acceptors (Lipinski definition) is 4. The molecule has 206 valence electrons. The van der Waals surface area contributed by atoms with Crippen LogP contribution in [0.4, 0.5) is 26.3 Å². The van der Waals surface area contributed by atoms with Crippen molar-refractivity contribution in [3.05, 3.63) is 95.1 Å². The van der Waals surface area contributed by atoms with Crippen molar-refractivity contribution < 1.29 is 35.9 Å². The molecule has 1 fully saturated rings. The fourth-order valence-electron chi connectivity index (χ4n) is 4.79. The third-order valence-electron chi connectivity index (χ3n) is 6.67. The van der Waals surface area contributed by atoms with Gasteiger partial charge in [-0.3, -0.25) is 14.6 Å². The molecule has 1 aliphatic rings. The molecule has 0 saturated carbocycles. The van der Waals surface area contributed by atoms with Gasteiger partial charge >= 0.3 is 12.4 Å². The number of piperidine rings is 1. The highest BCUT2D eigenvalue weighted by atomic mass is 19.4. The molecule has 0 spiro atoms. The van der Waals surface area contributed by atoms with Gasteiger partial charge in [-0.1, -0.05) is 30.3 Å². The molecule has 1 saturated heterocycles. The molecule has 1 aromatic heterocycles. The van der Waals surface area contributed by atoms with Gasteiger partial charge in [0, 0.05) is 50.9 Å². The largest absolute Gasteiger partial charge is 0.416 e. The maximum atomic E-state index is 13.6. The van der Waals surface area contributed by atoms with Gasteiger partial charge in [-0.15, -0.1) is 0 Å². The lowest BCUT2D eigenvalue weighted by Gasteiger charge is -2.39. The first-order valence-electron chi connectivity index (χ1n) is 12.0. The fourth-order valence-corrected chi connectivity index (χ4v) is 4.79. The molecule has 0 radical (unpaired) electrons. The van der Waals surface area contributed by atoms with E-state index in [4.69, 9.17) is 0 Å². The van der Waals surface area contributed by atoms with Gasteiger partial charge in [0.15, 0.2) is 0 Å². The summed E-state index contributed by atoms with van der Waals surface area (Å²) in [5.41, 5.74) is -2.24. The second-order valence-electron chi connectivity index (χ2n) is 9.36. The Balaban J connectivity index is 1.58. The number of rotatable bonds is 5. The van der Waals surface area contributed by atoms with Gasteiger partial charge in [-0.2, -0.15) is 26.3 Å². The minimum Gasteiger partial charge on any atom is -0.341 e. The van der Waals surface area contributed by atoms with Crippen LogP contribution in [0.3, 0.4) is 0 Å². The fraction of sp³-hybridized carbons (Fsp3) is 0.333. The highest BCUT2D eigenvalue weighted by Crippen LogP contribution is 2.38. The average molecular weight is 551 g/mol. The van der Waals surface area contributed by atoms with Gasteiger partial charge in [0.2, 0.25) is 5.91 Å². The number of carbonyl (C=O) groups is 2. The minimum absolute atomic E-state index is 0.0562. The lowest BCUT2D eigenvalue weighted by atomic mass is 9.79. The molecule has 0 N–H and O–H groups in total. The number of benzene rings is 2. The number of likely N-dealkylation sites (tertiary alicyclic amines) is 1. The van der Waals surface area contributed by atoms with Crippen molar-refractivity contribution in [2.24, 2.45) is 5.92 Å². The molecule has 0 unspecified atom stereocenters. The third-order valence-corrected chi connectivity index (χ3v) is 6.67. The summed E-state index contributed by atoms with van der Waals surface area (Å²) in [6.07, 6.45) is -5.56. The van der Waals surface area contributed by atoms with E-state index in [-0.39, 0.29) is 42.7 Å².